The van der Waals surface area contributed by atoms with Crippen molar-refractivity contribution in [1.82, 2.24) is 0 Å². The number of carbonyl (C=O) groups is 1. The van der Waals surface area contributed by atoms with Crippen LogP contribution in [0, 0.1) is 23.7 Å². The van der Waals surface area contributed by atoms with Gasteiger partial charge in [0.1, 0.15) is 5.60 Å². The van der Waals surface area contributed by atoms with Gasteiger partial charge in [0, 0.05) is 6.42 Å². The number of ether oxygens (including phenoxy) is 1. The van der Waals surface area contributed by atoms with Crippen molar-refractivity contribution in [3.8, 4) is 0 Å². The minimum Gasteiger partial charge on any atom is -0.459 e. The van der Waals surface area contributed by atoms with Crippen LogP contribution in [0.15, 0.2) is 12.2 Å². The lowest BCUT2D eigenvalue weighted by Crippen LogP contribution is -2.34. The van der Waals surface area contributed by atoms with Gasteiger partial charge in [-0.3, -0.25) is 4.79 Å². The van der Waals surface area contributed by atoms with E-state index in [9.17, 15) is 4.79 Å². The Morgan fingerprint density at radius 1 is 1.35 bits per heavy atom. The molecule has 2 aliphatic carbocycles. The molecule has 2 heteroatoms. The van der Waals surface area contributed by atoms with Gasteiger partial charge < -0.3 is 4.74 Å². The van der Waals surface area contributed by atoms with Crippen molar-refractivity contribution >= 4 is 5.97 Å². The number of hydrogen-bond donors (Lipinski definition) is 0. The third-order valence-corrected chi connectivity index (χ3v) is 4.61. The molecule has 0 radical (unpaired) electrons. The number of allylic oxidation sites excluding steroid dienone is 2. The highest BCUT2D eigenvalue weighted by molar-refractivity contribution is 5.70. The Labute approximate surface area is 104 Å². The molecule has 2 aliphatic rings. The lowest BCUT2D eigenvalue weighted by atomic mass is 9.90. The Hall–Kier alpha value is -0.790. The summed E-state index contributed by atoms with van der Waals surface area (Å²) in [5, 5.41) is 0. The van der Waals surface area contributed by atoms with Crippen LogP contribution in [0.3, 0.4) is 0 Å². The molecule has 2 bridgehead atoms. The van der Waals surface area contributed by atoms with E-state index in [1.54, 1.807) is 0 Å². The minimum atomic E-state index is -0.343. The molecule has 0 amide bonds. The molecule has 0 saturated heterocycles. The zero-order valence-electron chi connectivity index (χ0n) is 11.4. The molecule has 1 fully saturated rings. The summed E-state index contributed by atoms with van der Waals surface area (Å²) in [5.74, 6) is 2.23. The maximum atomic E-state index is 11.9. The van der Waals surface area contributed by atoms with E-state index in [0.29, 0.717) is 24.2 Å². The number of fused-ring (bicyclic) bond motifs is 2. The number of hydrogen-bond acceptors (Lipinski definition) is 2. The van der Waals surface area contributed by atoms with Gasteiger partial charge in [-0.2, -0.15) is 0 Å². The first-order valence-corrected chi connectivity index (χ1v) is 6.78. The smallest absolute Gasteiger partial charge is 0.306 e. The van der Waals surface area contributed by atoms with Gasteiger partial charge in [0.15, 0.2) is 0 Å². The summed E-state index contributed by atoms with van der Waals surface area (Å²) in [6.07, 6.45) is 7.63. The Balaban J connectivity index is 1.84. The lowest BCUT2D eigenvalue weighted by molar-refractivity contribution is -0.161. The van der Waals surface area contributed by atoms with Gasteiger partial charge in [0.2, 0.25) is 0 Å². The Kier molecular flexibility index (Phi) is 3.33. The third-order valence-electron chi connectivity index (χ3n) is 4.61. The predicted molar refractivity (Wildman–Crippen MR) is 68.5 cm³/mol. The van der Waals surface area contributed by atoms with Gasteiger partial charge in [-0.25, -0.2) is 0 Å². The average Bonchev–Trinajstić information content (AvgIpc) is 2.77. The summed E-state index contributed by atoms with van der Waals surface area (Å²) in [4.78, 5) is 11.9. The number of carbonyl (C=O) groups excluding carboxylic acids is 1. The van der Waals surface area contributed by atoms with Crippen LogP contribution >= 0.6 is 0 Å². The molecule has 3 atom stereocenters. The fourth-order valence-corrected chi connectivity index (χ4v) is 2.80. The summed E-state index contributed by atoms with van der Waals surface area (Å²) in [5.41, 5.74) is -0.343. The summed E-state index contributed by atoms with van der Waals surface area (Å²) < 4.78 is 5.61. The highest BCUT2D eigenvalue weighted by atomic mass is 16.6. The van der Waals surface area contributed by atoms with Crippen molar-refractivity contribution in [2.24, 2.45) is 23.7 Å². The summed E-state index contributed by atoms with van der Waals surface area (Å²) in [7, 11) is 0. The number of rotatable bonds is 4. The Bertz CT molecular complexity index is 328. The molecule has 2 nitrogen and oxygen atoms in total. The molecule has 2 rings (SSSR count). The zero-order valence-corrected chi connectivity index (χ0v) is 11.4. The monoisotopic (exact) mass is 236 g/mol. The highest BCUT2D eigenvalue weighted by Gasteiger charge is 2.38. The summed E-state index contributed by atoms with van der Waals surface area (Å²) in [6, 6.07) is 0. The fourth-order valence-electron chi connectivity index (χ4n) is 2.80. The quantitative estimate of drug-likeness (QED) is 0.551. The molecular weight excluding hydrogens is 212 g/mol. The largest absolute Gasteiger partial charge is 0.459 e. The van der Waals surface area contributed by atoms with Crippen molar-refractivity contribution in [3.05, 3.63) is 12.2 Å². The summed E-state index contributed by atoms with van der Waals surface area (Å²) in [6.45, 7) is 8.17. The van der Waals surface area contributed by atoms with Crippen LogP contribution in [0.5, 0.6) is 0 Å². The van der Waals surface area contributed by atoms with Gasteiger partial charge in [-0.15, -0.1) is 0 Å². The van der Waals surface area contributed by atoms with Crippen molar-refractivity contribution in [3.63, 3.8) is 0 Å². The van der Waals surface area contributed by atoms with E-state index in [2.05, 4.69) is 26.0 Å². The molecule has 0 N–H and O–H groups in total. The topological polar surface area (TPSA) is 26.3 Å². The minimum absolute atomic E-state index is 0.0188. The molecule has 96 valence electrons. The van der Waals surface area contributed by atoms with E-state index < -0.39 is 0 Å². The van der Waals surface area contributed by atoms with Crippen LogP contribution in [0.25, 0.3) is 0 Å². The first kappa shape index (κ1) is 12.7. The predicted octanol–water partition coefficient (Wildman–Crippen LogP) is 3.57. The molecule has 0 aromatic rings. The van der Waals surface area contributed by atoms with Crippen molar-refractivity contribution < 1.29 is 9.53 Å². The van der Waals surface area contributed by atoms with Crippen LogP contribution in [-0.2, 0) is 9.53 Å². The van der Waals surface area contributed by atoms with Crippen molar-refractivity contribution in [2.75, 3.05) is 0 Å². The second-order valence-corrected chi connectivity index (χ2v) is 6.48. The van der Waals surface area contributed by atoms with Gasteiger partial charge in [0.25, 0.3) is 0 Å². The molecule has 0 heterocycles. The van der Waals surface area contributed by atoms with E-state index in [0.717, 1.165) is 5.92 Å². The second kappa shape index (κ2) is 4.47. The first-order valence-electron chi connectivity index (χ1n) is 6.78. The molecule has 17 heavy (non-hydrogen) atoms. The normalized spacial score (nSPS) is 31.2. The van der Waals surface area contributed by atoms with E-state index in [1.165, 1.54) is 12.8 Å². The van der Waals surface area contributed by atoms with E-state index in [4.69, 9.17) is 4.74 Å². The molecule has 1 saturated carbocycles. The standard InChI is InChI=1S/C15H24O2/c1-10(2)15(3,4)17-14(16)9-13-8-11-5-6-12(13)7-11/h5-6,10-13H,7-9H2,1-4H3. The fraction of sp³-hybridized carbons (Fsp3) is 0.800. The maximum absolute atomic E-state index is 11.9. The van der Waals surface area contributed by atoms with Crippen LogP contribution in [0.4, 0.5) is 0 Å². The van der Waals surface area contributed by atoms with Crippen molar-refractivity contribution in [2.45, 2.75) is 52.6 Å². The molecule has 0 spiro atoms. The van der Waals surface area contributed by atoms with Crippen LogP contribution < -0.4 is 0 Å². The molecule has 0 aliphatic heterocycles. The van der Waals surface area contributed by atoms with E-state index >= 15 is 0 Å². The van der Waals surface area contributed by atoms with E-state index in [-0.39, 0.29) is 11.6 Å². The van der Waals surface area contributed by atoms with Gasteiger partial charge in [-0.05, 0) is 50.4 Å². The van der Waals surface area contributed by atoms with E-state index in [1.807, 2.05) is 13.8 Å². The lowest BCUT2D eigenvalue weighted by Gasteiger charge is -2.30. The van der Waals surface area contributed by atoms with Gasteiger partial charge in [0.05, 0.1) is 0 Å². The van der Waals surface area contributed by atoms with Crippen molar-refractivity contribution in [1.29, 1.82) is 0 Å². The third kappa shape index (κ3) is 2.72. The van der Waals surface area contributed by atoms with Crippen LogP contribution in [0.2, 0.25) is 0 Å². The van der Waals surface area contributed by atoms with Crippen LogP contribution in [-0.4, -0.2) is 11.6 Å². The second-order valence-electron chi connectivity index (χ2n) is 6.48. The zero-order chi connectivity index (χ0) is 12.6. The van der Waals surface area contributed by atoms with Crippen LogP contribution in [0.1, 0.15) is 47.0 Å². The van der Waals surface area contributed by atoms with Gasteiger partial charge in [-0.1, -0.05) is 26.0 Å². The number of esters is 1. The summed E-state index contributed by atoms with van der Waals surface area (Å²) >= 11 is 0. The Morgan fingerprint density at radius 2 is 2.06 bits per heavy atom. The molecule has 0 aromatic carbocycles. The highest BCUT2D eigenvalue weighted by Crippen LogP contribution is 2.45. The Morgan fingerprint density at radius 3 is 2.53 bits per heavy atom. The molecular formula is C15H24O2. The average molecular weight is 236 g/mol. The SMILES string of the molecule is CC(C)C(C)(C)OC(=O)CC1CC2C=CC1C2. The van der Waals surface area contributed by atoms with Gasteiger partial charge >= 0.3 is 5.97 Å². The maximum Gasteiger partial charge on any atom is 0.306 e. The first-order chi connectivity index (χ1) is 7.88. The molecule has 0 aromatic heterocycles. The molecule has 3 unspecified atom stereocenters.